The van der Waals surface area contributed by atoms with Crippen LogP contribution in [0.3, 0.4) is 0 Å². The normalized spacial score (nSPS) is 13.6. The van der Waals surface area contributed by atoms with Gasteiger partial charge in [0.25, 0.3) is 0 Å². The van der Waals surface area contributed by atoms with Crippen molar-refractivity contribution in [3.8, 4) is 5.75 Å². The molecule has 19 heavy (non-hydrogen) atoms. The minimum atomic E-state index is -1.56. The van der Waals surface area contributed by atoms with E-state index in [0.717, 1.165) is 11.3 Å². The molecule has 1 rings (SSSR count). The van der Waals surface area contributed by atoms with Crippen molar-refractivity contribution in [2.75, 3.05) is 6.61 Å². The molecule has 0 radical (unpaired) electrons. The van der Waals surface area contributed by atoms with E-state index < -0.39 is 8.32 Å². The van der Waals surface area contributed by atoms with Gasteiger partial charge in [0, 0.05) is 18.1 Å². The second kappa shape index (κ2) is 6.75. The van der Waals surface area contributed by atoms with Crippen LogP contribution in [-0.4, -0.2) is 20.0 Å². The highest BCUT2D eigenvalue weighted by atomic mass is 35.5. The highest BCUT2D eigenvalue weighted by Gasteiger charge is 2.27. The third-order valence-electron chi connectivity index (χ3n) is 2.91. The summed E-state index contributed by atoms with van der Waals surface area (Å²) in [5, 5.41) is 9.33. The first-order chi connectivity index (χ1) is 8.15. The van der Waals surface area contributed by atoms with Crippen LogP contribution in [0.2, 0.25) is 19.6 Å². The molecule has 5 heteroatoms. The van der Waals surface area contributed by atoms with Gasteiger partial charge in [-0.05, 0) is 37.3 Å². The van der Waals surface area contributed by atoms with E-state index >= 15 is 0 Å². The van der Waals surface area contributed by atoms with Gasteiger partial charge in [0.2, 0.25) is 8.32 Å². The van der Waals surface area contributed by atoms with Crippen LogP contribution in [0.1, 0.15) is 25.5 Å². The highest BCUT2D eigenvalue weighted by Crippen LogP contribution is 2.31. The maximum atomic E-state index is 9.33. The summed E-state index contributed by atoms with van der Waals surface area (Å²) in [6, 6.07) is 7.71. The third kappa shape index (κ3) is 5.53. The Balaban J connectivity index is 0.00000324. The number of benzene rings is 1. The molecule has 0 amide bonds. The van der Waals surface area contributed by atoms with E-state index in [2.05, 4.69) is 19.6 Å². The molecule has 110 valence electrons. The molecular weight excluding hydrogens is 278 g/mol. The van der Waals surface area contributed by atoms with Gasteiger partial charge in [-0.1, -0.05) is 26.0 Å². The Morgan fingerprint density at radius 1 is 1.21 bits per heavy atom. The Morgan fingerprint density at radius 3 is 2.05 bits per heavy atom. The van der Waals surface area contributed by atoms with Gasteiger partial charge in [-0.3, -0.25) is 0 Å². The van der Waals surface area contributed by atoms with E-state index in [4.69, 9.17) is 10.2 Å². The van der Waals surface area contributed by atoms with Gasteiger partial charge in [0.1, 0.15) is 5.75 Å². The topological polar surface area (TPSA) is 55.5 Å². The van der Waals surface area contributed by atoms with Gasteiger partial charge >= 0.3 is 0 Å². The molecule has 0 saturated heterocycles. The van der Waals surface area contributed by atoms with Crippen LogP contribution >= 0.6 is 12.4 Å². The zero-order valence-corrected chi connectivity index (χ0v) is 14.3. The largest absolute Gasteiger partial charge is 0.544 e. The van der Waals surface area contributed by atoms with E-state index in [-0.39, 0.29) is 30.5 Å². The summed E-state index contributed by atoms with van der Waals surface area (Å²) >= 11 is 0. The highest BCUT2D eigenvalue weighted by molar-refractivity contribution is 6.70. The zero-order chi connectivity index (χ0) is 14.0. The number of hydrogen-bond acceptors (Lipinski definition) is 3. The second-order valence-corrected chi connectivity index (χ2v) is 10.8. The monoisotopic (exact) mass is 303 g/mol. The standard InChI is InChI=1S/C14H25NO2Si.ClH/c1-14(2,10-16)13(15)11-6-8-12(9-7-11)17-18(3,4)5;/h6-9,13,16H,10,15H2,1-5H3;1H/t13-;/m0./s1. The minimum Gasteiger partial charge on any atom is -0.544 e. The van der Waals surface area contributed by atoms with Gasteiger partial charge in [-0.25, -0.2) is 0 Å². The molecule has 0 aromatic heterocycles. The Kier molecular flexibility index (Phi) is 6.55. The summed E-state index contributed by atoms with van der Waals surface area (Å²) < 4.78 is 5.90. The fourth-order valence-electron chi connectivity index (χ4n) is 1.65. The lowest BCUT2D eigenvalue weighted by Crippen LogP contribution is -2.32. The zero-order valence-electron chi connectivity index (χ0n) is 12.4. The molecule has 0 aliphatic carbocycles. The van der Waals surface area contributed by atoms with Crippen molar-refractivity contribution in [2.24, 2.45) is 11.1 Å². The van der Waals surface area contributed by atoms with E-state index in [0.29, 0.717) is 0 Å². The van der Waals surface area contributed by atoms with Crippen LogP contribution in [0.4, 0.5) is 0 Å². The summed E-state index contributed by atoms with van der Waals surface area (Å²) in [6.07, 6.45) is 0. The molecule has 0 saturated carbocycles. The fraction of sp³-hybridized carbons (Fsp3) is 0.571. The van der Waals surface area contributed by atoms with E-state index in [1.54, 1.807) is 0 Å². The van der Waals surface area contributed by atoms with Crippen LogP contribution in [0.5, 0.6) is 5.75 Å². The predicted molar refractivity (Wildman–Crippen MR) is 85.5 cm³/mol. The molecule has 0 heterocycles. The average molecular weight is 304 g/mol. The molecule has 0 fully saturated rings. The maximum Gasteiger partial charge on any atom is 0.242 e. The lowest BCUT2D eigenvalue weighted by atomic mass is 9.82. The maximum absolute atomic E-state index is 9.33. The third-order valence-corrected chi connectivity index (χ3v) is 3.76. The Hall–Kier alpha value is -0.553. The number of halogens is 1. The summed E-state index contributed by atoms with van der Waals surface area (Å²) in [6.45, 7) is 10.5. The predicted octanol–water partition coefficient (Wildman–Crippen LogP) is 3.34. The number of rotatable bonds is 5. The number of nitrogens with two attached hydrogens (primary N) is 1. The molecule has 0 aliphatic heterocycles. The number of hydrogen-bond donors (Lipinski definition) is 2. The molecule has 0 bridgehead atoms. The van der Waals surface area contributed by atoms with E-state index in [1.807, 2.05) is 38.1 Å². The summed E-state index contributed by atoms with van der Waals surface area (Å²) in [4.78, 5) is 0. The minimum absolute atomic E-state index is 0. The molecule has 3 nitrogen and oxygen atoms in total. The van der Waals surface area contributed by atoms with Crippen LogP contribution in [0.15, 0.2) is 24.3 Å². The molecular formula is C14H26ClNO2Si. The van der Waals surface area contributed by atoms with Crippen molar-refractivity contribution in [3.05, 3.63) is 29.8 Å². The van der Waals surface area contributed by atoms with Crippen LogP contribution in [0.25, 0.3) is 0 Å². The first kappa shape index (κ1) is 18.4. The van der Waals surface area contributed by atoms with Crippen LogP contribution < -0.4 is 10.2 Å². The lowest BCUT2D eigenvalue weighted by Gasteiger charge is -2.30. The van der Waals surface area contributed by atoms with Crippen LogP contribution in [0, 0.1) is 5.41 Å². The van der Waals surface area contributed by atoms with Crippen molar-refractivity contribution < 1.29 is 9.53 Å². The summed E-state index contributed by atoms with van der Waals surface area (Å²) in [5.74, 6) is 0.895. The molecule has 1 atom stereocenters. The summed E-state index contributed by atoms with van der Waals surface area (Å²) in [7, 11) is -1.56. The van der Waals surface area contributed by atoms with Gasteiger partial charge in [-0.15, -0.1) is 12.4 Å². The molecule has 0 spiro atoms. The smallest absolute Gasteiger partial charge is 0.242 e. The Morgan fingerprint density at radius 2 is 1.68 bits per heavy atom. The number of aliphatic hydroxyl groups is 1. The van der Waals surface area contributed by atoms with Crippen LogP contribution in [-0.2, 0) is 0 Å². The summed E-state index contributed by atoms with van der Waals surface area (Å²) in [5.41, 5.74) is 6.88. The van der Waals surface area contributed by atoms with E-state index in [1.165, 1.54) is 0 Å². The Bertz CT molecular complexity index is 387. The Labute approximate surface area is 123 Å². The molecule has 1 aromatic rings. The molecule has 1 aromatic carbocycles. The first-order valence-corrected chi connectivity index (χ1v) is 9.72. The number of aliphatic hydroxyl groups excluding tert-OH is 1. The van der Waals surface area contributed by atoms with Crippen molar-refractivity contribution in [2.45, 2.75) is 39.5 Å². The van der Waals surface area contributed by atoms with E-state index in [9.17, 15) is 5.11 Å². The second-order valence-electron chi connectivity index (χ2n) is 6.41. The van der Waals surface area contributed by atoms with Crippen molar-refractivity contribution in [1.29, 1.82) is 0 Å². The molecule has 0 aliphatic rings. The van der Waals surface area contributed by atoms with Gasteiger partial charge in [0.05, 0.1) is 0 Å². The SMILES string of the molecule is CC(C)(CO)[C@@H](N)c1ccc(O[Si](C)(C)C)cc1.Cl. The fourth-order valence-corrected chi connectivity index (χ4v) is 2.49. The average Bonchev–Trinajstić information content (AvgIpc) is 2.27. The van der Waals surface area contributed by atoms with Crippen molar-refractivity contribution in [3.63, 3.8) is 0 Å². The first-order valence-electron chi connectivity index (χ1n) is 6.31. The lowest BCUT2D eigenvalue weighted by molar-refractivity contribution is 0.132. The van der Waals surface area contributed by atoms with Gasteiger partial charge < -0.3 is 15.3 Å². The van der Waals surface area contributed by atoms with Crippen molar-refractivity contribution >= 4 is 20.7 Å². The molecule has 0 unspecified atom stereocenters. The van der Waals surface area contributed by atoms with Gasteiger partial charge in [0.15, 0.2) is 0 Å². The molecule has 3 N–H and O–H groups in total. The quantitative estimate of drug-likeness (QED) is 0.820. The van der Waals surface area contributed by atoms with Crippen molar-refractivity contribution in [1.82, 2.24) is 0 Å². The van der Waals surface area contributed by atoms with Gasteiger partial charge in [-0.2, -0.15) is 0 Å².